The lowest BCUT2D eigenvalue weighted by Crippen LogP contribution is -2.10. The highest BCUT2D eigenvalue weighted by molar-refractivity contribution is 9.10. The largest absolute Gasteiger partial charge is 0.439 e. The molecule has 0 radical (unpaired) electrons. The maximum absolute atomic E-state index is 13.8. The molecular formula is C18H11BrFNO3. The number of aromatic nitrogens is 1. The topological polar surface area (TPSA) is 48.4 Å². The zero-order chi connectivity index (χ0) is 16.9. The number of carbonyl (C=O) groups is 1. The van der Waals surface area contributed by atoms with Crippen LogP contribution in [0.2, 0.25) is 0 Å². The summed E-state index contributed by atoms with van der Waals surface area (Å²) in [5.41, 5.74) is -0.132. The summed E-state index contributed by atoms with van der Waals surface area (Å²) in [4.78, 5) is 16.1. The van der Waals surface area contributed by atoms with Crippen LogP contribution in [-0.2, 0) is 0 Å². The van der Waals surface area contributed by atoms with Crippen molar-refractivity contribution in [1.82, 2.24) is 4.98 Å². The number of carbonyl (C=O) groups excluding carboxylic acids is 1. The third-order valence-electron chi connectivity index (χ3n) is 3.05. The fourth-order valence-electron chi connectivity index (χ4n) is 1.92. The van der Waals surface area contributed by atoms with Gasteiger partial charge in [-0.15, -0.1) is 0 Å². The fraction of sp³-hybridized carbons (Fsp3) is 0. The van der Waals surface area contributed by atoms with Crippen molar-refractivity contribution in [2.45, 2.75) is 0 Å². The van der Waals surface area contributed by atoms with Gasteiger partial charge in [-0.3, -0.25) is 0 Å². The summed E-state index contributed by atoms with van der Waals surface area (Å²) in [6.45, 7) is 0. The van der Waals surface area contributed by atoms with E-state index in [1.807, 2.05) is 6.07 Å². The lowest BCUT2D eigenvalue weighted by atomic mass is 10.2. The highest BCUT2D eigenvalue weighted by atomic mass is 79.9. The molecule has 0 fully saturated rings. The van der Waals surface area contributed by atoms with Gasteiger partial charge in [-0.1, -0.05) is 22.0 Å². The maximum atomic E-state index is 13.8. The smallest absolute Gasteiger partial charge is 0.346 e. The Bertz CT molecular complexity index is 854. The summed E-state index contributed by atoms with van der Waals surface area (Å²) in [6.07, 6.45) is 1.62. The van der Waals surface area contributed by atoms with Gasteiger partial charge in [0.15, 0.2) is 0 Å². The van der Waals surface area contributed by atoms with E-state index in [1.54, 1.807) is 48.7 Å². The van der Waals surface area contributed by atoms with E-state index in [0.29, 0.717) is 16.1 Å². The van der Waals surface area contributed by atoms with Crippen molar-refractivity contribution in [3.05, 3.63) is 82.7 Å². The number of pyridine rings is 1. The van der Waals surface area contributed by atoms with Gasteiger partial charge < -0.3 is 9.47 Å². The molecule has 0 amide bonds. The number of hydrogen-bond donors (Lipinski definition) is 0. The number of nitrogens with zero attached hydrogens (tertiary/aromatic N) is 1. The molecule has 1 aromatic heterocycles. The minimum Gasteiger partial charge on any atom is -0.439 e. The lowest BCUT2D eigenvalue weighted by molar-refractivity contribution is 0.0729. The van der Waals surface area contributed by atoms with Gasteiger partial charge in [0.25, 0.3) is 0 Å². The number of ether oxygens (including phenoxy) is 2. The Morgan fingerprint density at radius 1 is 1.00 bits per heavy atom. The van der Waals surface area contributed by atoms with Crippen LogP contribution in [-0.4, -0.2) is 11.0 Å². The molecule has 0 saturated carbocycles. The molecule has 2 aromatic carbocycles. The summed E-state index contributed by atoms with van der Waals surface area (Å²) in [6, 6.07) is 15.9. The number of rotatable bonds is 4. The molecule has 4 nitrogen and oxygen atoms in total. The number of hydrogen-bond acceptors (Lipinski definition) is 4. The molecule has 0 unspecified atom stereocenters. The summed E-state index contributed by atoms with van der Waals surface area (Å²) >= 11 is 3.14. The molecule has 3 aromatic rings. The third-order valence-corrected chi connectivity index (χ3v) is 3.54. The monoisotopic (exact) mass is 387 g/mol. The average molecular weight is 388 g/mol. The molecule has 1 heterocycles. The number of halogens is 2. The van der Waals surface area contributed by atoms with E-state index in [-0.39, 0.29) is 11.3 Å². The average Bonchev–Trinajstić information content (AvgIpc) is 2.57. The van der Waals surface area contributed by atoms with Crippen molar-refractivity contribution in [2.24, 2.45) is 0 Å². The SMILES string of the molecule is O=C(Oc1ccc(Oc2ccccn2)cc1)c1ccc(Br)cc1F. The fourth-order valence-corrected chi connectivity index (χ4v) is 2.25. The molecule has 0 aliphatic carbocycles. The zero-order valence-corrected chi connectivity index (χ0v) is 13.9. The molecule has 0 aliphatic heterocycles. The second-order valence-corrected chi connectivity index (χ2v) is 5.67. The van der Waals surface area contributed by atoms with E-state index in [0.717, 1.165) is 0 Å². The zero-order valence-electron chi connectivity index (χ0n) is 12.3. The highest BCUT2D eigenvalue weighted by Crippen LogP contribution is 2.23. The normalized spacial score (nSPS) is 10.2. The van der Waals surface area contributed by atoms with E-state index < -0.39 is 11.8 Å². The van der Waals surface area contributed by atoms with Gasteiger partial charge in [0.05, 0.1) is 5.56 Å². The van der Waals surface area contributed by atoms with Crippen molar-refractivity contribution in [2.75, 3.05) is 0 Å². The van der Waals surface area contributed by atoms with Crippen molar-refractivity contribution < 1.29 is 18.7 Å². The van der Waals surface area contributed by atoms with E-state index in [4.69, 9.17) is 9.47 Å². The Balaban J connectivity index is 1.68. The Hall–Kier alpha value is -2.73. The first-order valence-electron chi connectivity index (χ1n) is 6.98. The first-order chi connectivity index (χ1) is 11.6. The quantitative estimate of drug-likeness (QED) is 0.467. The molecule has 0 N–H and O–H groups in total. The summed E-state index contributed by atoms with van der Waals surface area (Å²) < 4.78 is 25.0. The van der Waals surface area contributed by atoms with Gasteiger partial charge in [0, 0.05) is 16.7 Å². The van der Waals surface area contributed by atoms with Gasteiger partial charge in [0.1, 0.15) is 17.3 Å². The van der Waals surface area contributed by atoms with Crippen molar-refractivity contribution in [3.63, 3.8) is 0 Å². The molecule has 6 heteroatoms. The van der Waals surface area contributed by atoms with Gasteiger partial charge in [-0.25, -0.2) is 14.2 Å². The number of benzene rings is 2. The van der Waals surface area contributed by atoms with Crippen molar-refractivity contribution >= 4 is 21.9 Å². The Labute approximate surface area is 146 Å². The molecule has 0 atom stereocenters. The minimum atomic E-state index is -0.765. The molecule has 0 aliphatic rings. The third kappa shape index (κ3) is 3.97. The predicted octanol–water partition coefficient (Wildman–Crippen LogP) is 4.99. The number of esters is 1. The van der Waals surface area contributed by atoms with E-state index in [2.05, 4.69) is 20.9 Å². The van der Waals surface area contributed by atoms with Gasteiger partial charge in [-0.05, 0) is 48.5 Å². The standard InChI is InChI=1S/C18H11BrFNO3/c19-12-4-9-15(16(20)11-12)18(22)24-14-7-5-13(6-8-14)23-17-3-1-2-10-21-17/h1-11H. The van der Waals surface area contributed by atoms with Crippen LogP contribution in [0.15, 0.2) is 71.3 Å². The lowest BCUT2D eigenvalue weighted by Gasteiger charge is -2.07. The second kappa shape index (κ2) is 7.23. The van der Waals surface area contributed by atoms with Crippen LogP contribution in [0.4, 0.5) is 4.39 Å². The van der Waals surface area contributed by atoms with Crippen LogP contribution in [0, 0.1) is 5.82 Å². The predicted molar refractivity (Wildman–Crippen MR) is 89.8 cm³/mol. The van der Waals surface area contributed by atoms with Crippen LogP contribution in [0.1, 0.15) is 10.4 Å². The van der Waals surface area contributed by atoms with Gasteiger partial charge in [-0.2, -0.15) is 0 Å². The molecular weight excluding hydrogens is 377 g/mol. The summed E-state index contributed by atoms with van der Waals surface area (Å²) in [7, 11) is 0. The highest BCUT2D eigenvalue weighted by Gasteiger charge is 2.14. The van der Waals surface area contributed by atoms with Gasteiger partial charge >= 0.3 is 5.97 Å². The first-order valence-corrected chi connectivity index (χ1v) is 7.77. The van der Waals surface area contributed by atoms with Crippen LogP contribution < -0.4 is 9.47 Å². The molecule has 0 bridgehead atoms. The molecule has 0 spiro atoms. The molecule has 24 heavy (non-hydrogen) atoms. The van der Waals surface area contributed by atoms with Crippen LogP contribution in [0.25, 0.3) is 0 Å². The van der Waals surface area contributed by atoms with Crippen molar-refractivity contribution in [1.29, 1.82) is 0 Å². The van der Waals surface area contributed by atoms with E-state index >= 15 is 0 Å². The van der Waals surface area contributed by atoms with Crippen LogP contribution >= 0.6 is 15.9 Å². The summed E-state index contributed by atoms with van der Waals surface area (Å²) in [5, 5.41) is 0. The Morgan fingerprint density at radius 2 is 1.75 bits per heavy atom. The summed E-state index contributed by atoms with van der Waals surface area (Å²) in [5.74, 6) is -0.124. The van der Waals surface area contributed by atoms with Crippen LogP contribution in [0.3, 0.4) is 0 Å². The van der Waals surface area contributed by atoms with Gasteiger partial charge in [0.2, 0.25) is 5.88 Å². The van der Waals surface area contributed by atoms with Crippen molar-refractivity contribution in [3.8, 4) is 17.4 Å². The minimum absolute atomic E-state index is 0.132. The maximum Gasteiger partial charge on any atom is 0.346 e. The molecule has 0 saturated heterocycles. The Morgan fingerprint density at radius 3 is 2.42 bits per heavy atom. The van der Waals surface area contributed by atoms with E-state index in [9.17, 15) is 9.18 Å². The second-order valence-electron chi connectivity index (χ2n) is 4.76. The molecule has 3 rings (SSSR count). The Kier molecular flexibility index (Phi) is 4.86. The first kappa shape index (κ1) is 16.1. The van der Waals surface area contributed by atoms with E-state index in [1.165, 1.54) is 12.1 Å². The molecule has 120 valence electrons. The van der Waals surface area contributed by atoms with Crippen LogP contribution in [0.5, 0.6) is 17.4 Å².